The number of likely N-dealkylation sites (tertiary alicyclic amines) is 1. The molecule has 2 fully saturated rings. The summed E-state index contributed by atoms with van der Waals surface area (Å²) in [5.74, 6) is 0.722. The Bertz CT molecular complexity index is 292. The molecule has 1 saturated heterocycles. The average molecular weight is 239 g/mol. The molecule has 0 aromatic carbocycles. The van der Waals surface area contributed by atoms with Crippen LogP contribution in [0.25, 0.3) is 0 Å². The fraction of sp³-hybridized carbons (Fsp3) is 0.929. The number of hydrogen-bond acceptors (Lipinski definition) is 2. The van der Waals surface area contributed by atoms with E-state index in [0.29, 0.717) is 12.0 Å². The van der Waals surface area contributed by atoms with Crippen molar-refractivity contribution in [2.45, 2.75) is 58.5 Å². The smallest absolute Gasteiger partial charge is 0.308 e. The standard InChI is InChI=1S/C14H25NO2/c1-9-5-4-6-13(10(9)2)15-8-7-12(11(15)3)14(16)17/h9-13H,4-8H2,1-3H3,(H,16,17). The molecule has 1 heterocycles. The molecule has 0 aromatic rings. The third-order valence-electron chi connectivity index (χ3n) is 5.21. The largest absolute Gasteiger partial charge is 0.481 e. The lowest BCUT2D eigenvalue weighted by atomic mass is 9.77. The summed E-state index contributed by atoms with van der Waals surface area (Å²) in [6.45, 7) is 7.75. The van der Waals surface area contributed by atoms with Crippen LogP contribution in [0, 0.1) is 17.8 Å². The molecule has 0 radical (unpaired) electrons. The van der Waals surface area contributed by atoms with Gasteiger partial charge in [-0.15, -0.1) is 0 Å². The summed E-state index contributed by atoms with van der Waals surface area (Å²) in [6, 6.07) is 0.823. The van der Waals surface area contributed by atoms with E-state index >= 15 is 0 Å². The van der Waals surface area contributed by atoms with Crippen molar-refractivity contribution < 1.29 is 9.90 Å². The number of hydrogen-bond donors (Lipinski definition) is 1. The van der Waals surface area contributed by atoms with Crippen LogP contribution in [0.3, 0.4) is 0 Å². The average Bonchev–Trinajstić information content (AvgIpc) is 2.64. The van der Waals surface area contributed by atoms with Crippen LogP contribution in [-0.2, 0) is 4.79 Å². The minimum atomic E-state index is -0.614. The van der Waals surface area contributed by atoms with E-state index in [2.05, 4.69) is 25.7 Å². The quantitative estimate of drug-likeness (QED) is 0.805. The molecule has 98 valence electrons. The topological polar surface area (TPSA) is 40.5 Å². The normalized spacial score (nSPS) is 43.8. The zero-order chi connectivity index (χ0) is 12.6. The molecule has 17 heavy (non-hydrogen) atoms. The van der Waals surface area contributed by atoms with E-state index in [1.807, 2.05) is 0 Å². The second-order valence-electron chi connectivity index (χ2n) is 6.05. The van der Waals surface area contributed by atoms with Crippen molar-refractivity contribution in [1.29, 1.82) is 0 Å². The van der Waals surface area contributed by atoms with Crippen LogP contribution in [0.15, 0.2) is 0 Å². The van der Waals surface area contributed by atoms with Crippen LogP contribution in [0.1, 0.15) is 46.5 Å². The molecule has 2 aliphatic rings. The van der Waals surface area contributed by atoms with Gasteiger partial charge in [-0.25, -0.2) is 0 Å². The minimum absolute atomic E-state index is 0.153. The first-order chi connectivity index (χ1) is 8.02. The molecule has 0 bridgehead atoms. The lowest BCUT2D eigenvalue weighted by Gasteiger charge is -2.42. The third kappa shape index (κ3) is 2.35. The lowest BCUT2D eigenvalue weighted by molar-refractivity contribution is -0.142. The van der Waals surface area contributed by atoms with Crippen molar-refractivity contribution in [3.63, 3.8) is 0 Å². The van der Waals surface area contributed by atoms with Crippen molar-refractivity contribution in [2.75, 3.05) is 6.54 Å². The maximum atomic E-state index is 11.2. The summed E-state index contributed by atoms with van der Waals surface area (Å²) < 4.78 is 0. The first-order valence-corrected chi connectivity index (χ1v) is 7.01. The van der Waals surface area contributed by atoms with E-state index < -0.39 is 5.97 Å². The Balaban J connectivity index is 2.05. The molecule has 1 aliphatic heterocycles. The predicted octanol–water partition coefficient (Wildman–Crippen LogP) is 2.61. The van der Waals surface area contributed by atoms with Gasteiger partial charge in [0.1, 0.15) is 0 Å². The number of aliphatic carboxylic acids is 1. The summed E-state index contributed by atoms with van der Waals surface area (Å²) in [6.07, 6.45) is 4.72. The number of rotatable bonds is 2. The molecule has 3 nitrogen and oxygen atoms in total. The molecular weight excluding hydrogens is 214 g/mol. The van der Waals surface area contributed by atoms with Gasteiger partial charge in [0.15, 0.2) is 0 Å². The summed E-state index contributed by atoms with van der Waals surface area (Å²) in [7, 11) is 0. The highest BCUT2D eigenvalue weighted by atomic mass is 16.4. The van der Waals surface area contributed by atoms with Gasteiger partial charge in [-0.2, -0.15) is 0 Å². The lowest BCUT2D eigenvalue weighted by Crippen LogP contribution is -2.47. The molecule has 5 unspecified atom stereocenters. The number of carbonyl (C=O) groups is 1. The molecule has 2 rings (SSSR count). The second kappa shape index (κ2) is 4.97. The second-order valence-corrected chi connectivity index (χ2v) is 6.05. The maximum Gasteiger partial charge on any atom is 0.308 e. The first-order valence-electron chi connectivity index (χ1n) is 7.01. The van der Waals surface area contributed by atoms with Crippen LogP contribution in [0.5, 0.6) is 0 Å². The molecule has 3 heteroatoms. The van der Waals surface area contributed by atoms with Gasteiger partial charge in [-0.05, 0) is 38.1 Å². The number of nitrogens with zero attached hydrogens (tertiary/aromatic N) is 1. The Labute approximate surface area is 104 Å². The van der Waals surface area contributed by atoms with Gasteiger partial charge in [-0.1, -0.05) is 26.7 Å². The van der Waals surface area contributed by atoms with Crippen LogP contribution in [0.4, 0.5) is 0 Å². The molecule has 1 saturated carbocycles. The molecule has 0 spiro atoms. The van der Waals surface area contributed by atoms with Crippen LogP contribution >= 0.6 is 0 Å². The fourth-order valence-corrected chi connectivity index (χ4v) is 3.78. The van der Waals surface area contributed by atoms with Crippen molar-refractivity contribution in [1.82, 2.24) is 4.90 Å². The van der Waals surface area contributed by atoms with Crippen LogP contribution < -0.4 is 0 Å². The van der Waals surface area contributed by atoms with Gasteiger partial charge in [0, 0.05) is 12.1 Å². The van der Waals surface area contributed by atoms with Gasteiger partial charge in [0.25, 0.3) is 0 Å². The van der Waals surface area contributed by atoms with Crippen molar-refractivity contribution in [3.05, 3.63) is 0 Å². The van der Waals surface area contributed by atoms with E-state index in [4.69, 9.17) is 0 Å². The Morgan fingerprint density at radius 2 is 1.88 bits per heavy atom. The van der Waals surface area contributed by atoms with Crippen LogP contribution in [-0.4, -0.2) is 34.6 Å². The van der Waals surface area contributed by atoms with Gasteiger partial charge >= 0.3 is 5.97 Å². The van der Waals surface area contributed by atoms with Crippen molar-refractivity contribution in [2.24, 2.45) is 17.8 Å². The molecule has 0 amide bonds. The molecular formula is C14H25NO2. The Morgan fingerprint density at radius 3 is 2.47 bits per heavy atom. The van der Waals surface area contributed by atoms with E-state index in [1.54, 1.807) is 0 Å². The summed E-state index contributed by atoms with van der Waals surface area (Å²) in [5.41, 5.74) is 0. The Hall–Kier alpha value is -0.570. The van der Waals surface area contributed by atoms with E-state index in [0.717, 1.165) is 18.9 Å². The monoisotopic (exact) mass is 239 g/mol. The van der Waals surface area contributed by atoms with Gasteiger partial charge in [-0.3, -0.25) is 9.69 Å². The molecule has 1 N–H and O–H groups in total. The molecule has 1 aliphatic carbocycles. The summed E-state index contributed by atoms with van der Waals surface area (Å²) in [4.78, 5) is 13.6. The predicted molar refractivity (Wildman–Crippen MR) is 67.9 cm³/mol. The summed E-state index contributed by atoms with van der Waals surface area (Å²) >= 11 is 0. The van der Waals surface area contributed by atoms with E-state index in [9.17, 15) is 9.90 Å². The van der Waals surface area contributed by atoms with E-state index in [1.165, 1.54) is 19.3 Å². The Kier molecular flexibility index (Phi) is 3.76. The number of carboxylic acids is 1. The van der Waals surface area contributed by atoms with Gasteiger partial charge < -0.3 is 5.11 Å². The van der Waals surface area contributed by atoms with Gasteiger partial charge in [0.05, 0.1) is 5.92 Å². The third-order valence-corrected chi connectivity index (χ3v) is 5.21. The van der Waals surface area contributed by atoms with Crippen molar-refractivity contribution in [3.8, 4) is 0 Å². The first kappa shape index (κ1) is 12.9. The van der Waals surface area contributed by atoms with Gasteiger partial charge in [0.2, 0.25) is 0 Å². The SMILES string of the molecule is CC1CCCC(N2CCC(C(=O)O)C2C)C1C. The highest BCUT2D eigenvalue weighted by Gasteiger charge is 2.42. The molecule has 5 atom stereocenters. The van der Waals surface area contributed by atoms with Crippen LogP contribution in [0.2, 0.25) is 0 Å². The highest BCUT2D eigenvalue weighted by molar-refractivity contribution is 5.71. The zero-order valence-corrected chi connectivity index (χ0v) is 11.2. The fourth-order valence-electron chi connectivity index (χ4n) is 3.78. The molecule has 0 aromatic heterocycles. The van der Waals surface area contributed by atoms with E-state index in [-0.39, 0.29) is 12.0 Å². The highest BCUT2D eigenvalue weighted by Crippen LogP contribution is 2.37. The Morgan fingerprint density at radius 1 is 1.18 bits per heavy atom. The summed E-state index contributed by atoms with van der Waals surface area (Å²) in [5, 5.41) is 9.19. The zero-order valence-electron chi connectivity index (χ0n) is 11.2. The maximum absolute atomic E-state index is 11.2. The number of carboxylic acid groups (broad SMARTS) is 1. The minimum Gasteiger partial charge on any atom is -0.481 e. The van der Waals surface area contributed by atoms with Crippen molar-refractivity contribution >= 4 is 5.97 Å².